The monoisotopic (exact) mass is 533 g/mol. The fourth-order valence-corrected chi connectivity index (χ4v) is 6.77. The summed E-state index contributed by atoms with van der Waals surface area (Å²) >= 11 is 0. The minimum absolute atomic E-state index is 0.0608. The quantitative estimate of drug-likeness (QED) is 0.438. The van der Waals surface area contributed by atoms with Crippen LogP contribution in [-0.4, -0.2) is 69.7 Å². The van der Waals surface area contributed by atoms with Crippen LogP contribution in [0.25, 0.3) is 0 Å². The number of hydrogen-bond acceptors (Lipinski definition) is 7. The molecule has 1 aromatic heterocycles. The van der Waals surface area contributed by atoms with Crippen molar-refractivity contribution in [1.82, 2.24) is 30.8 Å². The maximum absolute atomic E-state index is 14.2. The number of fused-ring (bicyclic) bond motifs is 5. The molecule has 11 heteroatoms. The molecule has 2 aliphatic carbocycles. The number of aromatic nitrogens is 2. The molecule has 0 unspecified atom stereocenters. The van der Waals surface area contributed by atoms with E-state index in [-0.39, 0.29) is 53.5 Å². The summed E-state index contributed by atoms with van der Waals surface area (Å²) in [5.41, 5.74) is -0.558. The van der Waals surface area contributed by atoms with Gasteiger partial charge in [-0.15, -0.1) is 0 Å². The second kappa shape index (κ2) is 10.4. The van der Waals surface area contributed by atoms with Crippen molar-refractivity contribution >= 4 is 23.6 Å². The molecule has 8 atom stereocenters. The predicted molar refractivity (Wildman–Crippen MR) is 139 cm³/mol. The van der Waals surface area contributed by atoms with E-state index in [1.165, 1.54) is 18.6 Å². The Hall–Kier alpha value is -3.81. The molecule has 2 bridgehead atoms. The number of nitriles is 1. The highest BCUT2D eigenvalue weighted by Gasteiger charge is 2.59. The molecule has 4 amide bonds. The van der Waals surface area contributed by atoms with Gasteiger partial charge in [0.05, 0.1) is 12.3 Å². The molecule has 1 aromatic rings. The van der Waals surface area contributed by atoms with Gasteiger partial charge < -0.3 is 20.9 Å². The van der Waals surface area contributed by atoms with E-state index in [4.69, 9.17) is 0 Å². The third-order valence-electron chi connectivity index (χ3n) is 8.69. The lowest BCUT2D eigenvalue weighted by molar-refractivity contribution is -0.143. The van der Waals surface area contributed by atoms with Crippen LogP contribution in [0.1, 0.15) is 50.5 Å². The largest absolute Gasteiger partial charge is 0.356 e. The van der Waals surface area contributed by atoms with Crippen molar-refractivity contribution in [2.24, 2.45) is 35.0 Å². The highest BCUT2D eigenvalue weighted by Crippen LogP contribution is 2.54. The molecular formula is C28H35N7O4. The minimum Gasteiger partial charge on any atom is -0.356 e. The summed E-state index contributed by atoms with van der Waals surface area (Å²) in [6.45, 7) is 6.56. The second-order valence-electron chi connectivity index (χ2n) is 12.2. The van der Waals surface area contributed by atoms with Crippen LogP contribution in [0, 0.1) is 46.3 Å². The molecule has 39 heavy (non-hydrogen) atoms. The minimum atomic E-state index is -0.916. The molecule has 3 N–H and O–H groups in total. The van der Waals surface area contributed by atoms with E-state index >= 15 is 0 Å². The Bertz CT molecular complexity index is 1220. The summed E-state index contributed by atoms with van der Waals surface area (Å²) in [4.78, 5) is 62.7. The van der Waals surface area contributed by atoms with Gasteiger partial charge in [-0.25, -0.2) is 4.98 Å². The molecule has 0 aromatic carbocycles. The number of amides is 4. The molecule has 2 saturated heterocycles. The number of likely N-dealkylation sites (tertiary alicyclic amines) is 1. The number of hydrogen-bond donors (Lipinski definition) is 3. The standard InChI is InChI=1S/C28H35N7O4/c1-28(2,3)23(34-25(37)20-13-30-8-9-31-20)27(39)35-14-19-15-4-5-16(10-15)21(19)22(35)26(38)33-18(12-29)11-17-6-7-32-24(17)36/h4-5,8-9,13,15-19,21-23H,6-7,10-11,14H2,1-3H3,(H,32,36)(H,33,38)(H,34,37)/t15-,16+,17+,18+,19-,21+,22+,23-/m1/s1. The highest BCUT2D eigenvalue weighted by molar-refractivity contribution is 5.97. The summed E-state index contributed by atoms with van der Waals surface area (Å²) < 4.78 is 0. The molecule has 0 radical (unpaired) electrons. The first-order valence-corrected chi connectivity index (χ1v) is 13.6. The third kappa shape index (κ3) is 5.12. The van der Waals surface area contributed by atoms with Crippen LogP contribution in [0.15, 0.2) is 30.7 Å². The molecule has 206 valence electrons. The molecule has 4 aliphatic rings. The molecule has 0 spiro atoms. The molecule has 3 fully saturated rings. The number of nitrogens with zero attached hydrogens (tertiary/aromatic N) is 4. The molecule has 1 saturated carbocycles. The summed E-state index contributed by atoms with van der Waals surface area (Å²) in [5.74, 6) is -1.11. The molecule has 3 heterocycles. The maximum Gasteiger partial charge on any atom is 0.272 e. The van der Waals surface area contributed by atoms with Crippen molar-refractivity contribution in [2.45, 2.75) is 58.2 Å². The maximum atomic E-state index is 14.2. The Morgan fingerprint density at radius 1 is 1.21 bits per heavy atom. The van der Waals surface area contributed by atoms with Crippen LogP contribution >= 0.6 is 0 Å². The van der Waals surface area contributed by atoms with Gasteiger partial charge >= 0.3 is 0 Å². The van der Waals surface area contributed by atoms with E-state index in [9.17, 15) is 24.4 Å². The first-order chi connectivity index (χ1) is 18.6. The van der Waals surface area contributed by atoms with E-state index < -0.39 is 29.4 Å². The fourth-order valence-electron chi connectivity index (χ4n) is 6.77. The normalized spacial score (nSPS) is 30.3. The van der Waals surface area contributed by atoms with Gasteiger partial charge in [0.2, 0.25) is 17.7 Å². The summed E-state index contributed by atoms with van der Waals surface area (Å²) in [7, 11) is 0. The Labute approximate surface area is 227 Å². The van der Waals surface area contributed by atoms with Crippen molar-refractivity contribution in [3.05, 3.63) is 36.4 Å². The zero-order chi connectivity index (χ0) is 27.9. The van der Waals surface area contributed by atoms with Gasteiger partial charge in [0.15, 0.2) is 0 Å². The average Bonchev–Trinajstić information content (AvgIpc) is 3.69. The van der Waals surface area contributed by atoms with Gasteiger partial charge in [-0.1, -0.05) is 32.9 Å². The van der Waals surface area contributed by atoms with Crippen LogP contribution in [-0.2, 0) is 14.4 Å². The van der Waals surface area contributed by atoms with E-state index in [0.29, 0.717) is 25.4 Å². The van der Waals surface area contributed by atoms with E-state index in [1.54, 1.807) is 4.90 Å². The Morgan fingerprint density at radius 2 is 1.97 bits per heavy atom. The van der Waals surface area contributed by atoms with Crippen molar-refractivity contribution in [3.8, 4) is 6.07 Å². The zero-order valence-electron chi connectivity index (χ0n) is 22.5. The van der Waals surface area contributed by atoms with Crippen LogP contribution in [0.5, 0.6) is 0 Å². The smallest absolute Gasteiger partial charge is 0.272 e. The van der Waals surface area contributed by atoms with Gasteiger partial charge in [0.25, 0.3) is 5.91 Å². The summed E-state index contributed by atoms with van der Waals surface area (Å²) in [6.07, 6.45) is 10.3. The predicted octanol–water partition coefficient (Wildman–Crippen LogP) is 0.805. The summed E-state index contributed by atoms with van der Waals surface area (Å²) in [5, 5.41) is 18.3. The Balaban J connectivity index is 1.39. The Kier molecular flexibility index (Phi) is 7.14. The van der Waals surface area contributed by atoms with Crippen LogP contribution < -0.4 is 16.0 Å². The highest BCUT2D eigenvalue weighted by atomic mass is 16.2. The van der Waals surface area contributed by atoms with E-state index in [0.717, 1.165) is 6.42 Å². The average molecular weight is 534 g/mol. The third-order valence-corrected chi connectivity index (χ3v) is 8.69. The van der Waals surface area contributed by atoms with Gasteiger partial charge in [-0.05, 0) is 48.3 Å². The van der Waals surface area contributed by atoms with E-state index in [1.807, 2.05) is 20.8 Å². The molecule has 11 nitrogen and oxygen atoms in total. The molecule has 2 aliphatic heterocycles. The lowest BCUT2D eigenvalue weighted by atomic mass is 9.81. The van der Waals surface area contributed by atoms with E-state index in [2.05, 4.69) is 44.1 Å². The summed E-state index contributed by atoms with van der Waals surface area (Å²) in [6, 6.07) is -0.393. The van der Waals surface area contributed by atoms with Gasteiger partial charge in [-0.2, -0.15) is 5.26 Å². The van der Waals surface area contributed by atoms with Gasteiger partial charge in [0, 0.05) is 31.4 Å². The molecular weight excluding hydrogens is 498 g/mol. The number of carbonyl (C=O) groups is 4. The lowest BCUT2D eigenvalue weighted by Crippen LogP contribution is -2.59. The van der Waals surface area contributed by atoms with Crippen molar-refractivity contribution in [2.75, 3.05) is 13.1 Å². The van der Waals surface area contributed by atoms with Crippen LogP contribution in [0.2, 0.25) is 0 Å². The van der Waals surface area contributed by atoms with Gasteiger partial charge in [0.1, 0.15) is 23.8 Å². The van der Waals surface area contributed by atoms with Gasteiger partial charge in [-0.3, -0.25) is 24.2 Å². The molecule has 5 rings (SSSR count). The first-order valence-electron chi connectivity index (χ1n) is 13.6. The second-order valence-corrected chi connectivity index (χ2v) is 12.2. The lowest BCUT2D eigenvalue weighted by Gasteiger charge is -2.37. The van der Waals surface area contributed by atoms with Crippen LogP contribution in [0.3, 0.4) is 0 Å². The zero-order valence-corrected chi connectivity index (χ0v) is 22.5. The topological polar surface area (TPSA) is 157 Å². The number of allylic oxidation sites excluding steroid dienone is 2. The Morgan fingerprint density at radius 3 is 2.62 bits per heavy atom. The number of rotatable bonds is 7. The van der Waals surface area contributed by atoms with Crippen molar-refractivity contribution in [3.63, 3.8) is 0 Å². The van der Waals surface area contributed by atoms with Crippen molar-refractivity contribution < 1.29 is 19.2 Å². The fraction of sp³-hybridized carbons (Fsp3) is 0.607. The number of nitrogens with one attached hydrogen (secondary N) is 3. The van der Waals surface area contributed by atoms with Crippen molar-refractivity contribution in [1.29, 1.82) is 5.26 Å². The SMILES string of the molecule is CC(C)(C)[C@H](NC(=O)c1cnccn1)C(=O)N1C[C@H]2[C@@H]([C@H]1C(=O)N[C@H](C#N)C[C@@H]1CCNC1=O)[C@H]1C=C[C@@H]2C1. The van der Waals surface area contributed by atoms with Crippen LogP contribution in [0.4, 0.5) is 0 Å². The number of carbonyl (C=O) groups excluding carboxylic acids is 4. The first kappa shape index (κ1) is 26.8.